The highest BCUT2D eigenvalue weighted by Gasteiger charge is 2.08. The molecule has 0 fully saturated rings. The largest absolute Gasteiger partial charge is 0.384 e. The molecule has 2 rings (SSSR count). The Kier molecular flexibility index (Phi) is 3.31. The summed E-state index contributed by atoms with van der Waals surface area (Å²) in [7, 11) is 0. The van der Waals surface area contributed by atoms with Gasteiger partial charge in [0.2, 0.25) is 0 Å². The van der Waals surface area contributed by atoms with Crippen LogP contribution in [0.4, 0.5) is 0 Å². The maximum Gasteiger partial charge on any atom is 0.170 e. The van der Waals surface area contributed by atoms with E-state index in [1.54, 1.807) is 12.4 Å². The minimum absolute atomic E-state index is 0.0513. The van der Waals surface area contributed by atoms with E-state index in [2.05, 4.69) is 25.9 Å². The summed E-state index contributed by atoms with van der Waals surface area (Å²) >= 11 is 4.81. The standard InChI is InChI=1S/C10H9BrN4S/c11-6-1-2-8(7(5-6)9(12)13)16-10-14-3-4-15-10/h1-5H,(H3,12,13)(H,14,15). The number of halogens is 1. The highest BCUT2D eigenvalue weighted by atomic mass is 79.9. The molecule has 0 spiro atoms. The lowest BCUT2D eigenvalue weighted by atomic mass is 10.2. The van der Waals surface area contributed by atoms with Crippen LogP contribution in [-0.2, 0) is 0 Å². The van der Waals surface area contributed by atoms with Crippen LogP contribution < -0.4 is 5.73 Å². The Morgan fingerprint density at radius 2 is 2.31 bits per heavy atom. The zero-order valence-electron chi connectivity index (χ0n) is 8.20. The van der Waals surface area contributed by atoms with Crippen LogP contribution in [0.15, 0.2) is 45.1 Å². The van der Waals surface area contributed by atoms with E-state index in [1.807, 2.05) is 18.2 Å². The van der Waals surface area contributed by atoms with Crippen molar-refractivity contribution in [1.29, 1.82) is 5.41 Å². The number of amidine groups is 1. The zero-order chi connectivity index (χ0) is 11.5. The van der Waals surface area contributed by atoms with Crippen molar-refractivity contribution in [3.05, 3.63) is 40.6 Å². The van der Waals surface area contributed by atoms with Crippen molar-refractivity contribution < 1.29 is 0 Å². The second-order valence-corrected chi connectivity index (χ2v) is 5.00. The van der Waals surface area contributed by atoms with Crippen molar-refractivity contribution in [1.82, 2.24) is 9.97 Å². The second kappa shape index (κ2) is 4.71. The average Bonchev–Trinajstić information content (AvgIpc) is 2.73. The molecule has 0 atom stereocenters. The summed E-state index contributed by atoms with van der Waals surface area (Å²) in [6.45, 7) is 0. The van der Waals surface area contributed by atoms with Gasteiger partial charge in [-0.3, -0.25) is 5.41 Å². The summed E-state index contributed by atoms with van der Waals surface area (Å²) in [5.41, 5.74) is 6.24. The van der Waals surface area contributed by atoms with Gasteiger partial charge < -0.3 is 10.7 Å². The van der Waals surface area contributed by atoms with Gasteiger partial charge in [0.25, 0.3) is 0 Å². The molecule has 1 aromatic heterocycles. The van der Waals surface area contributed by atoms with E-state index in [4.69, 9.17) is 11.1 Å². The molecule has 0 aliphatic carbocycles. The van der Waals surface area contributed by atoms with Crippen LogP contribution in [0.2, 0.25) is 0 Å². The van der Waals surface area contributed by atoms with Gasteiger partial charge in [-0.25, -0.2) is 4.98 Å². The van der Waals surface area contributed by atoms with E-state index in [0.29, 0.717) is 5.56 Å². The molecule has 0 amide bonds. The lowest BCUT2D eigenvalue weighted by molar-refractivity contribution is 1.06. The van der Waals surface area contributed by atoms with E-state index in [1.165, 1.54) is 11.8 Å². The van der Waals surface area contributed by atoms with Gasteiger partial charge in [-0.1, -0.05) is 27.7 Å². The van der Waals surface area contributed by atoms with E-state index in [-0.39, 0.29) is 5.84 Å². The number of nitrogens with two attached hydrogens (primary N) is 1. The molecule has 1 heterocycles. The number of aromatic amines is 1. The van der Waals surface area contributed by atoms with Crippen molar-refractivity contribution in [2.45, 2.75) is 10.1 Å². The first-order chi connectivity index (χ1) is 7.66. The van der Waals surface area contributed by atoms with Gasteiger partial charge in [0.15, 0.2) is 5.16 Å². The molecule has 0 unspecified atom stereocenters. The fourth-order valence-corrected chi connectivity index (χ4v) is 2.44. The number of nitrogens with zero attached hydrogens (tertiary/aromatic N) is 1. The molecule has 4 nitrogen and oxygen atoms in total. The molecule has 82 valence electrons. The summed E-state index contributed by atoms with van der Waals surface area (Å²) in [6.07, 6.45) is 3.45. The molecular formula is C10H9BrN4S. The number of nitrogens with one attached hydrogen (secondary N) is 2. The Labute approximate surface area is 105 Å². The predicted molar refractivity (Wildman–Crippen MR) is 67.9 cm³/mol. The zero-order valence-corrected chi connectivity index (χ0v) is 10.6. The minimum atomic E-state index is 0.0513. The Morgan fingerprint density at radius 1 is 1.50 bits per heavy atom. The minimum Gasteiger partial charge on any atom is -0.384 e. The SMILES string of the molecule is N=C(N)c1cc(Br)ccc1Sc1ncc[nH]1. The Bertz CT molecular complexity index is 510. The van der Waals surface area contributed by atoms with Crippen LogP contribution in [0, 0.1) is 5.41 Å². The number of benzene rings is 1. The summed E-state index contributed by atoms with van der Waals surface area (Å²) in [4.78, 5) is 8.02. The Hall–Kier alpha value is -1.27. The molecule has 16 heavy (non-hydrogen) atoms. The van der Waals surface area contributed by atoms with Crippen molar-refractivity contribution in [2.75, 3.05) is 0 Å². The molecule has 0 aliphatic rings. The number of H-pyrrole nitrogens is 1. The van der Waals surface area contributed by atoms with E-state index in [0.717, 1.165) is 14.5 Å². The number of hydrogen-bond acceptors (Lipinski definition) is 3. The van der Waals surface area contributed by atoms with Crippen molar-refractivity contribution >= 4 is 33.5 Å². The molecule has 1 aromatic carbocycles. The Balaban J connectivity index is 2.36. The third kappa shape index (κ3) is 2.45. The summed E-state index contributed by atoms with van der Waals surface area (Å²) < 4.78 is 0.904. The van der Waals surface area contributed by atoms with Gasteiger partial charge in [0.05, 0.1) is 0 Å². The van der Waals surface area contributed by atoms with Crippen LogP contribution in [0.25, 0.3) is 0 Å². The molecule has 0 saturated heterocycles. The highest BCUT2D eigenvalue weighted by molar-refractivity contribution is 9.10. The van der Waals surface area contributed by atoms with E-state index < -0.39 is 0 Å². The topological polar surface area (TPSA) is 78.6 Å². The van der Waals surface area contributed by atoms with Crippen molar-refractivity contribution in [2.24, 2.45) is 5.73 Å². The number of rotatable bonds is 3. The van der Waals surface area contributed by atoms with Crippen molar-refractivity contribution in [3.63, 3.8) is 0 Å². The van der Waals surface area contributed by atoms with Crippen LogP contribution in [0.3, 0.4) is 0 Å². The lowest BCUT2D eigenvalue weighted by Crippen LogP contribution is -2.12. The average molecular weight is 297 g/mol. The molecule has 0 radical (unpaired) electrons. The molecule has 6 heteroatoms. The third-order valence-electron chi connectivity index (χ3n) is 1.91. The molecule has 0 saturated carbocycles. The van der Waals surface area contributed by atoms with Gasteiger partial charge in [-0.15, -0.1) is 0 Å². The third-order valence-corrected chi connectivity index (χ3v) is 3.40. The first-order valence-electron chi connectivity index (χ1n) is 4.48. The van der Waals surface area contributed by atoms with Gasteiger partial charge in [0.1, 0.15) is 5.84 Å². The lowest BCUT2D eigenvalue weighted by Gasteiger charge is -2.06. The van der Waals surface area contributed by atoms with Gasteiger partial charge in [-0.05, 0) is 18.2 Å². The molecular weight excluding hydrogens is 288 g/mol. The fourth-order valence-electron chi connectivity index (χ4n) is 1.21. The van der Waals surface area contributed by atoms with Gasteiger partial charge >= 0.3 is 0 Å². The molecule has 0 bridgehead atoms. The molecule has 2 aromatic rings. The number of hydrogen-bond donors (Lipinski definition) is 3. The number of nitrogen functional groups attached to an aromatic ring is 1. The normalized spacial score (nSPS) is 10.3. The molecule has 0 aliphatic heterocycles. The van der Waals surface area contributed by atoms with Crippen LogP contribution in [-0.4, -0.2) is 15.8 Å². The number of aromatic nitrogens is 2. The second-order valence-electron chi connectivity index (χ2n) is 3.05. The fraction of sp³-hybridized carbons (Fsp3) is 0. The summed E-state index contributed by atoms with van der Waals surface area (Å²) in [5.74, 6) is 0.0513. The van der Waals surface area contributed by atoms with Gasteiger partial charge in [0, 0.05) is 27.3 Å². The van der Waals surface area contributed by atoms with Crippen molar-refractivity contribution in [3.8, 4) is 0 Å². The summed E-state index contributed by atoms with van der Waals surface area (Å²) in [5, 5.41) is 8.30. The monoisotopic (exact) mass is 296 g/mol. The first-order valence-corrected chi connectivity index (χ1v) is 6.09. The van der Waals surface area contributed by atoms with Crippen LogP contribution in [0.5, 0.6) is 0 Å². The van der Waals surface area contributed by atoms with Gasteiger partial charge in [-0.2, -0.15) is 0 Å². The molecule has 4 N–H and O–H groups in total. The first kappa shape index (κ1) is 11.2. The quantitative estimate of drug-likeness (QED) is 0.602. The predicted octanol–water partition coefficient (Wildman–Crippen LogP) is 2.61. The van der Waals surface area contributed by atoms with Crippen LogP contribution in [0.1, 0.15) is 5.56 Å². The number of imidazole rings is 1. The smallest absolute Gasteiger partial charge is 0.170 e. The van der Waals surface area contributed by atoms with Crippen LogP contribution >= 0.6 is 27.7 Å². The van der Waals surface area contributed by atoms with E-state index in [9.17, 15) is 0 Å². The maximum atomic E-state index is 7.51. The highest BCUT2D eigenvalue weighted by Crippen LogP contribution is 2.29. The van der Waals surface area contributed by atoms with E-state index >= 15 is 0 Å². The maximum absolute atomic E-state index is 7.51. The summed E-state index contributed by atoms with van der Waals surface area (Å²) in [6, 6.07) is 5.65. The Morgan fingerprint density at radius 3 is 2.94 bits per heavy atom.